The first-order valence-electron chi connectivity index (χ1n) is 7.40. The van der Waals surface area contributed by atoms with Crippen molar-refractivity contribution in [3.8, 4) is 0 Å². The lowest BCUT2D eigenvalue weighted by atomic mass is 9.82. The van der Waals surface area contributed by atoms with Crippen LogP contribution >= 0.6 is 11.8 Å². The number of aliphatic hydroxyl groups is 5. The molecule has 1 saturated carbocycles. The molecule has 132 valence electrons. The van der Waals surface area contributed by atoms with E-state index in [0.29, 0.717) is 12.4 Å². The molecule has 4 unspecified atom stereocenters. The first-order chi connectivity index (χ1) is 10.9. The van der Waals surface area contributed by atoms with Crippen LogP contribution < -0.4 is 4.90 Å². The number of hydrogen-bond donors (Lipinski definition) is 5. The fourth-order valence-electron chi connectivity index (χ4n) is 2.75. The number of aliphatic hydroxyl groups excluding tert-OH is 5. The van der Waals surface area contributed by atoms with Gasteiger partial charge in [0.05, 0.1) is 12.2 Å². The van der Waals surface area contributed by atoms with Crippen LogP contribution in [0, 0.1) is 0 Å². The lowest BCUT2D eigenvalue weighted by Crippen LogP contribution is -2.68. The molecule has 0 bridgehead atoms. The quantitative estimate of drug-likeness (QED) is 0.358. The smallest absolute Gasteiger partial charge is 0.171 e. The summed E-state index contributed by atoms with van der Waals surface area (Å²) in [6.45, 7) is 0.696. The fraction of sp³-hybridized carbons (Fsp3) is 0.846. The van der Waals surface area contributed by atoms with Crippen molar-refractivity contribution in [2.45, 2.75) is 49.5 Å². The summed E-state index contributed by atoms with van der Waals surface area (Å²) in [5.41, 5.74) is 0. The molecule has 0 aromatic carbocycles. The number of aromatic nitrogens is 3. The Hall–Kier alpha value is -0.910. The number of anilines is 1. The summed E-state index contributed by atoms with van der Waals surface area (Å²) < 4.78 is 1.66. The highest BCUT2D eigenvalue weighted by Crippen LogP contribution is 2.27. The maximum atomic E-state index is 10.1. The second-order valence-corrected chi connectivity index (χ2v) is 6.73. The Morgan fingerprint density at radius 1 is 1.09 bits per heavy atom. The lowest BCUT2D eigenvalue weighted by molar-refractivity contribution is -0.185. The van der Waals surface area contributed by atoms with Gasteiger partial charge in [0.15, 0.2) is 5.82 Å². The van der Waals surface area contributed by atoms with Crippen LogP contribution in [0.5, 0.6) is 0 Å². The molecule has 0 aliphatic heterocycles. The van der Waals surface area contributed by atoms with Gasteiger partial charge in [0.25, 0.3) is 0 Å². The zero-order chi connectivity index (χ0) is 17.1. The van der Waals surface area contributed by atoms with Gasteiger partial charge in [-0.25, -0.2) is 0 Å². The van der Waals surface area contributed by atoms with Gasteiger partial charge in [0.1, 0.15) is 30.5 Å². The zero-order valence-electron chi connectivity index (χ0n) is 13.1. The molecule has 1 aliphatic carbocycles. The molecule has 4 atom stereocenters. The van der Waals surface area contributed by atoms with Crippen LogP contribution in [0.25, 0.3) is 0 Å². The van der Waals surface area contributed by atoms with Crippen molar-refractivity contribution in [2.24, 2.45) is 0 Å². The van der Waals surface area contributed by atoms with Gasteiger partial charge in [-0.2, -0.15) is 11.8 Å². The summed E-state index contributed by atoms with van der Waals surface area (Å²) in [4.78, 5) is 1.45. The summed E-state index contributed by atoms with van der Waals surface area (Å²) in [5.74, 6) is 1.40. The van der Waals surface area contributed by atoms with Crippen molar-refractivity contribution in [1.29, 1.82) is 0 Å². The molecule has 2 rings (SSSR count). The second kappa shape index (κ2) is 7.77. The molecule has 1 aromatic rings. The second-order valence-electron chi connectivity index (χ2n) is 5.74. The van der Waals surface area contributed by atoms with E-state index >= 15 is 0 Å². The minimum atomic E-state index is -1.60. The van der Waals surface area contributed by atoms with Gasteiger partial charge in [-0.05, 0) is 18.4 Å². The van der Waals surface area contributed by atoms with Crippen LogP contribution in [-0.2, 0) is 6.54 Å². The van der Waals surface area contributed by atoms with E-state index in [4.69, 9.17) is 0 Å². The Morgan fingerprint density at radius 3 is 2.22 bits per heavy atom. The van der Waals surface area contributed by atoms with Gasteiger partial charge in [-0.3, -0.25) is 4.68 Å². The zero-order valence-corrected chi connectivity index (χ0v) is 13.9. The van der Waals surface area contributed by atoms with Crippen molar-refractivity contribution in [3.63, 3.8) is 0 Å². The number of hydrogen-bond acceptors (Lipinski definition) is 9. The van der Waals surface area contributed by atoms with E-state index < -0.39 is 36.6 Å². The number of likely N-dealkylation sites (N-methyl/N-ethyl adjacent to an activating group) is 1. The molecule has 0 radical (unpaired) electrons. The SMILES string of the molecule is CSCCCn1cc(N(C)C2C(O)C(O)C(O)C(O)C2O)nn1. The molecular weight excluding hydrogens is 324 g/mol. The summed E-state index contributed by atoms with van der Waals surface area (Å²) >= 11 is 1.74. The van der Waals surface area contributed by atoms with Crippen LogP contribution in [0.4, 0.5) is 5.82 Å². The Bertz CT molecular complexity index is 488. The minimum absolute atomic E-state index is 0.396. The number of rotatable bonds is 6. The van der Waals surface area contributed by atoms with Crippen LogP contribution in [0.2, 0.25) is 0 Å². The number of aryl methyl sites for hydroxylation is 1. The third kappa shape index (κ3) is 3.78. The normalized spacial score (nSPS) is 34.6. The summed E-state index contributed by atoms with van der Waals surface area (Å²) in [7, 11) is 1.57. The molecule has 1 heterocycles. The van der Waals surface area contributed by atoms with Gasteiger partial charge in [-0.1, -0.05) is 5.21 Å². The maximum Gasteiger partial charge on any atom is 0.171 e. The average molecular weight is 348 g/mol. The Kier molecular flexibility index (Phi) is 6.23. The standard InChI is InChI=1S/C13H24N4O5S/c1-16(7-6-17(15-14-7)4-3-5-23-2)8-9(18)11(20)13(22)12(21)10(8)19/h6,8-13,18-22H,3-5H2,1-2H3. The summed E-state index contributed by atoms with van der Waals surface area (Å²) in [6.07, 6.45) is -2.96. The fourth-order valence-corrected chi connectivity index (χ4v) is 3.17. The molecule has 1 fully saturated rings. The van der Waals surface area contributed by atoms with E-state index in [9.17, 15) is 25.5 Å². The molecule has 5 N–H and O–H groups in total. The van der Waals surface area contributed by atoms with Gasteiger partial charge < -0.3 is 30.4 Å². The van der Waals surface area contributed by atoms with E-state index in [-0.39, 0.29) is 0 Å². The van der Waals surface area contributed by atoms with Crippen LogP contribution in [0.3, 0.4) is 0 Å². The van der Waals surface area contributed by atoms with Crippen LogP contribution in [0.1, 0.15) is 6.42 Å². The summed E-state index contributed by atoms with van der Waals surface area (Å²) in [5, 5.41) is 57.5. The highest BCUT2D eigenvalue weighted by atomic mass is 32.2. The third-order valence-electron chi connectivity index (χ3n) is 4.17. The van der Waals surface area contributed by atoms with E-state index in [2.05, 4.69) is 10.3 Å². The molecule has 0 saturated heterocycles. The van der Waals surface area contributed by atoms with E-state index in [1.807, 2.05) is 6.26 Å². The van der Waals surface area contributed by atoms with Gasteiger partial charge in [0, 0.05) is 13.6 Å². The Labute approximate surface area is 138 Å². The molecule has 1 aromatic heterocycles. The van der Waals surface area contributed by atoms with Crippen molar-refractivity contribution in [2.75, 3.05) is 24.0 Å². The highest BCUT2D eigenvalue weighted by molar-refractivity contribution is 7.98. The molecule has 0 spiro atoms. The highest BCUT2D eigenvalue weighted by Gasteiger charge is 2.50. The summed E-state index contributed by atoms with van der Waals surface area (Å²) in [6, 6.07) is -1.01. The average Bonchev–Trinajstić information content (AvgIpc) is 3.00. The number of nitrogens with zero attached hydrogens (tertiary/aromatic N) is 4. The van der Waals surface area contributed by atoms with Crippen molar-refractivity contribution >= 4 is 17.6 Å². The van der Waals surface area contributed by atoms with Crippen molar-refractivity contribution in [1.82, 2.24) is 15.0 Å². The molecule has 23 heavy (non-hydrogen) atoms. The largest absolute Gasteiger partial charge is 0.388 e. The first kappa shape index (κ1) is 18.4. The van der Waals surface area contributed by atoms with Crippen LogP contribution in [-0.4, -0.2) is 96.1 Å². The molecular formula is C13H24N4O5S. The number of thioether (sulfide) groups is 1. The third-order valence-corrected chi connectivity index (χ3v) is 4.87. The van der Waals surface area contributed by atoms with E-state index in [1.54, 1.807) is 29.7 Å². The van der Waals surface area contributed by atoms with Gasteiger partial charge in [-0.15, -0.1) is 5.10 Å². The van der Waals surface area contributed by atoms with Crippen molar-refractivity contribution < 1.29 is 25.5 Å². The topological polar surface area (TPSA) is 135 Å². The predicted octanol–water partition coefficient (Wildman–Crippen LogP) is -2.35. The lowest BCUT2D eigenvalue weighted by Gasteiger charge is -2.45. The molecule has 9 nitrogen and oxygen atoms in total. The van der Waals surface area contributed by atoms with Gasteiger partial charge >= 0.3 is 0 Å². The van der Waals surface area contributed by atoms with Crippen LogP contribution in [0.15, 0.2) is 6.20 Å². The Balaban J connectivity index is 2.10. The molecule has 10 heteroatoms. The minimum Gasteiger partial charge on any atom is -0.388 e. The van der Waals surface area contributed by atoms with Crippen molar-refractivity contribution in [3.05, 3.63) is 6.20 Å². The first-order valence-corrected chi connectivity index (χ1v) is 8.80. The van der Waals surface area contributed by atoms with Gasteiger partial charge in [0.2, 0.25) is 0 Å². The molecule has 1 aliphatic rings. The Morgan fingerprint density at radius 2 is 1.65 bits per heavy atom. The predicted molar refractivity (Wildman–Crippen MR) is 85.2 cm³/mol. The maximum absolute atomic E-state index is 10.1. The van der Waals surface area contributed by atoms with E-state index in [0.717, 1.165) is 12.2 Å². The van der Waals surface area contributed by atoms with E-state index in [1.165, 1.54) is 4.90 Å². The monoisotopic (exact) mass is 348 g/mol. The molecule has 0 amide bonds.